The van der Waals surface area contributed by atoms with Crippen molar-refractivity contribution < 1.29 is 0 Å². The Labute approximate surface area is 274 Å². The van der Waals surface area contributed by atoms with Crippen molar-refractivity contribution in [3.8, 4) is 11.3 Å². The molecule has 1 atom stereocenters. The molecule has 1 aromatic carbocycles. The molecule has 45 heavy (non-hydrogen) atoms. The molecule has 3 N–H and O–H groups in total. The lowest BCUT2D eigenvalue weighted by Gasteiger charge is -2.36. The molecule has 1 fully saturated rings. The number of anilines is 2. The van der Waals surface area contributed by atoms with E-state index >= 15 is 0 Å². The second-order valence-corrected chi connectivity index (χ2v) is 15.8. The summed E-state index contributed by atoms with van der Waals surface area (Å²) in [5.41, 5.74) is 6.60. The molecule has 240 valence electrons. The van der Waals surface area contributed by atoms with E-state index in [2.05, 4.69) is 105 Å². The molecule has 10 heteroatoms. The summed E-state index contributed by atoms with van der Waals surface area (Å²) in [4.78, 5) is 19.9. The Hall–Kier alpha value is -3.31. The highest BCUT2D eigenvalue weighted by Crippen LogP contribution is 2.28. The van der Waals surface area contributed by atoms with Gasteiger partial charge < -0.3 is 15.6 Å². The van der Waals surface area contributed by atoms with Crippen LogP contribution in [0.4, 0.5) is 11.5 Å². The zero-order valence-electron chi connectivity index (χ0n) is 26.8. The van der Waals surface area contributed by atoms with E-state index in [4.69, 9.17) is 0 Å². The van der Waals surface area contributed by atoms with Crippen molar-refractivity contribution in [1.29, 1.82) is 0 Å². The molecule has 6 rings (SSSR count). The number of fused-ring (bicyclic) bond motifs is 1. The van der Waals surface area contributed by atoms with Crippen LogP contribution in [0.3, 0.4) is 0 Å². The smallest absolute Gasteiger partial charge is 0.117 e. The molecule has 0 spiro atoms. The Bertz CT molecular complexity index is 1570. The van der Waals surface area contributed by atoms with E-state index in [1.165, 1.54) is 24.9 Å². The number of nitrogens with one attached hydrogen (secondary N) is 3. The second-order valence-electron chi connectivity index (χ2n) is 11.6. The Balaban J connectivity index is 0.00000196. The molecule has 3 aliphatic heterocycles. The minimum Gasteiger partial charge on any atom is -0.379 e. The van der Waals surface area contributed by atoms with E-state index in [-0.39, 0.29) is 0 Å². The topological polar surface area (TPSA) is 83.9 Å². The average Bonchev–Trinajstić information content (AvgIpc) is 3.74. The van der Waals surface area contributed by atoms with E-state index in [0.717, 1.165) is 78.2 Å². The zero-order chi connectivity index (χ0) is 31.5. The highest BCUT2D eigenvalue weighted by atomic mass is 32.2. The van der Waals surface area contributed by atoms with Crippen LogP contribution in [0, 0.1) is 0 Å². The van der Waals surface area contributed by atoms with Crippen LogP contribution in [-0.2, 0) is 13.1 Å². The number of piperidine rings is 1. The Morgan fingerprint density at radius 1 is 1.07 bits per heavy atom. The van der Waals surface area contributed by atoms with Gasteiger partial charge >= 0.3 is 0 Å². The quantitative estimate of drug-likeness (QED) is 0.196. The number of hydrogen-bond acceptors (Lipinski definition) is 8. The van der Waals surface area contributed by atoms with Gasteiger partial charge in [-0.3, -0.25) is 19.9 Å². The number of aromatic nitrogens is 2. The largest absolute Gasteiger partial charge is 0.379 e. The Morgan fingerprint density at radius 2 is 1.89 bits per heavy atom. The summed E-state index contributed by atoms with van der Waals surface area (Å²) >= 11 is 1.86. The average molecular weight is 645 g/mol. The first kappa shape index (κ1) is 33.1. The van der Waals surface area contributed by atoms with Gasteiger partial charge in [-0.2, -0.15) is 0 Å². The van der Waals surface area contributed by atoms with Gasteiger partial charge in [0.05, 0.1) is 18.6 Å². The second kappa shape index (κ2) is 16.3. The molecule has 5 heterocycles. The molecule has 3 aromatic rings. The maximum Gasteiger partial charge on any atom is 0.117 e. The van der Waals surface area contributed by atoms with Crippen molar-refractivity contribution in [2.75, 3.05) is 54.9 Å². The van der Waals surface area contributed by atoms with Gasteiger partial charge in [0.2, 0.25) is 0 Å². The summed E-state index contributed by atoms with van der Waals surface area (Å²) < 4.78 is 2.52. The minimum atomic E-state index is -1.14. The summed E-state index contributed by atoms with van der Waals surface area (Å²) in [6.45, 7) is 10.5. The summed E-state index contributed by atoms with van der Waals surface area (Å²) in [5, 5.41) is 9.06. The summed E-state index contributed by atoms with van der Waals surface area (Å²) in [6, 6.07) is 15.7. The van der Waals surface area contributed by atoms with Gasteiger partial charge in [0.15, 0.2) is 0 Å². The molecular weight excluding hydrogens is 597 g/mol. The van der Waals surface area contributed by atoms with E-state index in [1.807, 2.05) is 38.2 Å². The van der Waals surface area contributed by atoms with E-state index in [1.54, 1.807) is 6.34 Å². The number of rotatable bonds is 7. The molecule has 8 nitrogen and oxygen atoms in total. The van der Waals surface area contributed by atoms with Gasteiger partial charge in [0.1, 0.15) is 5.82 Å². The molecule has 0 saturated carbocycles. The normalized spacial score (nSPS) is 20.3. The molecule has 0 aliphatic carbocycles. The highest BCUT2D eigenvalue weighted by molar-refractivity contribution is 8.27. The van der Waals surface area contributed by atoms with Crippen molar-refractivity contribution in [2.24, 2.45) is 9.98 Å². The van der Waals surface area contributed by atoms with E-state index in [9.17, 15) is 0 Å². The first-order chi connectivity index (χ1) is 22.0. The lowest BCUT2D eigenvalue weighted by atomic mass is 10.0. The monoisotopic (exact) mass is 644 g/mol. The number of aliphatic imine (C=N–C) groups is 2. The molecule has 0 radical (unpaired) electrons. The fraction of sp³-hybridized carbons (Fsp3) is 0.400. The van der Waals surface area contributed by atoms with Crippen LogP contribution in [0.5, 0.6) is 0 Å². The third-order valence-corrected chi connectivity index (χ3v) is 11.2. The Kier molecular flexibility index (Phi) is 12.0. The van der Waals surface area contributed by atoms with E-state index < -0.39 is 9.21 Å². The van der Waals surface area contributed by atoms with Crippen LogP contribution in [0.25, 0.3) is 11.3 Å². The maximum atomic E-state index is 4.66. The standard InChI is InChI=1S/C33H42N8S2.C2H6/c1-43(2)17-12-34-21-28-20-32(39-33(28)38-25-35-13-18-43)27-6-8-29(9-7-27)37-22-30-19-26(10-11-36-30)23-40-14-3-5-31(24-40)41-15-4-16-42-41;1-2/h4,6-11,16,19-21,25,31,37,39H,1-3,5,12-15,17-18,22-24H2,(H,35,38);1-2H3. The van der Waals surface area contributed by atoms with Crippen molar-refractivity contribution in [3.05, 3.63) is 77.0 Å². The first-order valence-corrected chi connectivity index (χ1v) is 19.2. The SMILES string of the molecule is C=S1(=C)CCN=CNc2[nH]c(-c3ccc(NCc4cc(CN5CCCC(N6CC=CS6)C5)ccn4)cc3)cc2C=NCC1.CC. The molecule has 3 aliphatic rings. The molecule has 0 bridgehead atoms. The van der Waals surface area contributed by atoms with Crippen molar-refractivity contribution in [1.82, 2.24) is 19.2 Å². The Morgan fingerprint density at radius 3 is 2.69 bits per heavy atom. The van der Waals surface area contributed by atoms with Crippen LogP contribution in [0.2, 0.25) is 0 Å². The van der Waals surface area contributed by atoms with Crippen LogP contribution >= 0.6 is 21.2 Å². The third kappa shape index (κ3) is 9.59. The molecular formula is C35H48N8S2. The zero-order valence-corrected chi connectivity index (χ0v) is 28.4. The fourth-order valence-electron chi connectivity index (χ4n) is 5.68. The van der Waals surface area contributed by atoms with Gasteiger partial charge in [-0.15, -0.1) is 0 Å². The predicted molar refractivity (Wildman–Crippen MR) is 202 cm³/mol. The fourth-order valence-corrected chi connectivity index (χ4v) is 7.71. The lowest BCUT2D eigenvalue weighted by Crippen LogP contribution is -2.44. The number of benzene rings is 1. The van der Waals surface area contributed by atoms with Gasteiger partial charge in [-0.05, 0) is 78.2 Å². The highest BCUT2D eigenvalue weighted by Gasteiger charge is 2.26. The van der Waals surface area contributed by atoms with Crippen molar-refractivity contribution >= 4 is 57.0 Å². The number of likely N-dealkylation sites (tertiary alicyclic amines) is 1. The number of nitrogens with zero attached hydrogens (tertiary/aromatic N) is 5. The molecule has 1 saturated heterocycles. The van der Waals surface area contributed by atoms with Crippen LogP contribution in [0.1, 0.15) is 43.5 Å². The summed E-state index contributed by atoms with van der Waals surface area (Å²) in [6.07, 6.45) is 10.4. The van der Waals surface area contributed by atoms with Crippen LogP contribution in [0.15, 0.2) is 70.1 Å². The van der Waals surface area contributed by atoms with E-state index in [0.29, 0.717) is 12.6 Å². The van der Waals surface area contributed by atoms with Gasteiger partial charge in [0, 0.05) is 79.6 Å². The maximum absolute atomic E-state index is 4.66. The first-order valence-electron chi connectivity index (χ1n) is 16.0. The van der Waals surface area contributed by atoms with Gasteiger partial charge in [-0.25, -0.2) is 13.5 Å². The van der Waals surface area contributed by atoms with Gasteiger partial charge in [0.25, 0.3) is 0 Å². The van der Waals surface area contributed by atoms with Crippen LogP contribution < -0.4 is 10.6 Å². The number of H-pyrrole nitrogens is 1. The minimum absolute atomic E-state index is 0.635. The lowest BCUT2D eigenvalue weighted by molar-refractivity contribution is 0.154. The number of pyridine rings is 1. The van der Waals surface area contributed by atoms with Gasteiger partial charge in [-0.1, -0.05) is 43.8 Å². The number of aromatic amines is 1. The van der Waals surface area contributed by atoms with Crippen molar-refractivity contribution in [3.63, 3.8) is 0 Å². The predicted octanol–water partition coefficient (Wildman–Crippen LogP) is 6.70. The summed E-state index contributed by atoms with van der Waals surface area (Å²) in [7, 11) is -1.14. The third-order valence-electron chi connectivity index (χ3n) is 8.11. The van der Waals surface area contributed by atoms with Crippen LogP contribution in [-0.4, -0.2) is 93.7 Å². The number of hydrogen-bond donors (Lipinski definition) is 3. The molecule has 1 unspecified atom stereocenters. The molecule has 2 aromatic heterocycles. The summed E-state index contributed by atoms with van der Waals surface area (Å²) in [5.74, 6) is 11.3. The molecule has 0 amide bonds. The van der Waals surface area contributed by atoms with Crippen molar-refractivity contribution in [2.45, 2.75) is 45.8 Å².